The van der Waals surface area contributed by atoms with Gasteiger partial charge in [0, 0.05) is 31.4 Å². The molecule has 0 aromatic heterocycles. The summed E-state index contributed by atoms with van der Waals surface area (Å²) in [6, 6.07) is 18.2. The molecule has 0 bridgehead atoms. The van der Waals surface area contributed by atoms with Crippen LogP contribution in [0.25, 0.3) is 33.4 Å². The molecule has 0 saturated heterocycles. The summed E-state index contributed by atoms with van der Waals surface area (Å²) in [5, 5.41) is 0. The van der Waals surface area contributed by atoms with Crippen LogP contribution in [0.5, 0.6) is 17.2 Å². The molecule has 0 aliphatic carbocycles. The summed E-state index contributed by atoms with van der Waals surface area (Å²) < 4.78 is 17.8. The zero-order valence-corrected chi connectivity index (χ0v) is 26.1. The molecule has 204 valence electrons. The van der Waals surface area contributed by atoms with Crippen LogP contribution in [0, 0.1) is 0 Å². The molecule has 0 heterocycles. The van der Waals surface area contributed by atoms with Crippen molar-refractivity contribution >= 4 is 37.9 Å². The van der Waals surface area contributed by atoms with Crippen molar-refractivity contribution in [2.45, 2.75) is 54.7 Å². The second-order valence-electron chi connectivity index (χ2n) is 9.28. The third-order valence-corrected chi connectivity index (χ3v) is 8.06. The van der Waals surface area contributed by atoms with E-state index < -0.39 is 0 Å². The average Bonchev–Trinajstić information content (AvgIpc) is 2.95. The van der Waals surface area contributed by atoms with E-state index >= 15 is 0 Å². The van der Waals surface area contributed by atoms with Crippen LogP contribution >= 0.6 is 37.9 Å². The quantitative estimate of drug-likeness (QED) is 0.173. The van der Waals surface area contributed by atoms with Crippen molar-refractivity contribution in [3.63, 3.8) is 0 Å². The Morgan fingerprint density at radius 2 is 0.718 bits per heavy atom. The molecule has 0 unspecified atom stereocenters. The lowest BCUT2D eigenvalue weighted by Crippen LogP contribution is -2.08. The number of methoxy groups -OCH3 is 3. The highest BCUT2D eigenvalue weighted by Crippen LogP contribution is 2.51. The minimum atomic E-state index is 0.808. The third kappa shape index (κ3) is 5.52. The van der Waals surface area contributed by atoms with Crippen molar-refractivity contribution in [2.75, 3.05) is 21.3 Å². The molecular formula is C33H36O3S3. The minimum Gasteiger partial charge on any atom is -0.496 e. The Morgan fingerprint density at radius 1 is 0.462 bits per heavy atom. The highest BCUT2D eigenvalue weighted by Gasteiger charge is 2.28. The van der Waals surface area contributed by atoms with Crippen molar-refractivity contribution in [3.05, 3.63) is 71.3 Å². The molecule has 4 rings (SSSR count). The molecule has 4 aromatic rings. The second-order valence-corrected chi connectivity index (χ2v) is 10.8. The largest absolute Gasteiger partial charge is 0.496 e. The monoisotopic (exact) mass is 576 g/mol. The van der Waals surface area contributed by atoms with Gasteiger partial charge in [-0.15, -0.1) is 37.9 Å². The van der Waals surface area contributed by atoms with Crippen LogP contribution < -0.4 is 14.2 Å². The minimum absolute atomic E-state index is 0.808. The van der Waals surface area contributed by atoms with E-state index in [-0.39, 0.29) is 0 Å². The van der Waals surface area contributed by atoms with E-state index in [0.29, 0.717) is 0 Å². The maximum Gasteiger partial charge on any atom is 0.126 e. The Labute approximate surface area is 249 Å². The number of rotatable bonds is 9. The van der Waals surface area contributed by atoms with Gasteiger partial charge < -0.3 is 14.2 Å². The number of hydrogen-bond acceptors (Lipinski definition) is 6. The summed E-state index contributed by atoms with van der Waals surface area (Å²) in [6.07, 6.45) is 2.44. The summed E-state index contributed by atoms with van der Waals surface area (Å²) in [5.74, 6) is 2.43. The topological polar surface area (TPSA) is 27.7 Å². The fourth-order valence-corrected chi connectivity index (χ4v) is 6.24. The van der Waals surface area contributed by atoms with Crippen LogP contribution in [0.2, 0.25) is 0 Å². The molecule has 0 amide bonds. The van der Waals surface area contributed by atoms with Gasteiger partial charge in [0.1, 0.15) is 17.2 Å². The lowest BCUT2D eigenvalue weighted by Gasteiger charge is -2.29. The second kappa shape index (κ2) is 12.7. The SMILES string of the molecule is CCc1c(-c2cc(S)ccc2OC)c(CC)c(-c2cc(S)ccc2OC)c(CC)c1-c1cc(S)ccc1OC. The lowest BCUT2D eigenvalue weighted by atomic mass is 9.76. The average molecular weight is 577 g/mol. The smallest absolute Gasteiger partial charge is 0.126 e. The van der Waals surface area contributed by atoms with Crippen LogP contribution in [0.4, 0.5) is 0 Å². The van der Waals surface area contributed by atoms with Crippen molar-refractivity contribution in [3.8, 4) is 50.6 Å². The molecule has 0 spiro atoms. The van der Waals surface area contributed by atoms with E-state index in [1.807, 2.05) is 36.4 Å². The maximum atomic E-state index is 5.92. The lowest BCUT2D eigenvalue weighted by molar-refractivity contribution is 0.416. The summed E-state index contributed by atoms with van der Waals surface area (Å²) >= 11 is 14.2. The molecule has 0 radical (unpaired) electrons. The number of hydrogen-bond donors (Lipinski definition) is 3. The number of thiol groups is 3. The van der Waals surface area contributed by atoms with Crippen molar-refractivity contribution in [1.82, 2.24) is 0 Å². The van der Waals surface area contributed by atoms with E-state index in [4.69, 9.17) is 52.1 Å². The van der Waals surface area contributed by atoms with Gasteiger partial charge in [0.05, 0.1) is 21.3 Å². The first-order valence-electron chi connectivity index (χ1n) is 13.2. The van der Waals surface area contributed by atoms with E-state index in [1.54, 1.807) is 21.3 Å². The Morgan fingerprint density at radius 3 is 0.923 bits per heavy atom. The molecule has 0 N–H and O–H groups in total. The Hall–Kier alpha value is -2.67. The highest BCUT2D eigenvalue weighted by molar-refractivity contribution is 7.80. The van der Waals surface area contributed by atoms with E-state index in [1.165, 1.54) is 16.7 Å². The van der Waals surface area contributed by atoms with Gasteiger partial charge in [0.2, 0.25) is 0 Å². The first-order valence-corrected chi connectivity index (χ1v) is 14.5. The van der Waals surface area contributed by atoms with Gasteiger partial charge in [-0.05, 0) is 107 Å². The van der Waals surface area contributed by atoms with Crippen LogP contribution in [-0.2, 0) is 19.3 Å². The molecule has 6 heteroatoms. The summed E-state index contributed by atoms with van der Waals surface area (Å²) in [6.45, 7) is 6.64. The van der Waals surface area contributed by atoms with E-state index in [0.717, 1.165) is 84.6 Å². The molecule has 0 fully saturated rings. The Kier molecular flexibility index (Phi) is 9.52. The third-order valence-electron chi connectivity index (χ3n) is 7.23. The van der Waals surface area contributed by atoms with E-state index in [9.17, 15) is 0 Å². The van der Waals surface area contributed by atoms with E-state index in [2.05, 4.69) is 39.0 Å². The van der Waals surface area contributed by atoms with Gasteiger partial charge >= 0.3 is 0 Å². The van der Waals surface area contributed by atoms with Crippen LogP contribution in [0.1, 0.15) is 37.5 Å². The van der Waals surface area contributed by atoms with Crippen molar-refractivity contribution < 1.29 is 14.2 Å². The van der Waals surface area contributed by atoms with Gasteiger partial charge in [-0.25, -0.2) is 0 Å². The molecule has 39 heavy (non-hydrogen) atoms. The van der Waals surface area contributed by atoms with Crippen LogP contribution in [0.15, 0.2) is 69.3 Å². The fourth-order valence-electron chi connectivity index (χ4n) is 5.63. The van der Waals surface area contributed by atoms with Gasteiger partial charge in [-0.3, -0.25) is 0 Å². The zero-order chi connectivity index (χ0) is 28.3. The summed E-state index contributed by atoms with van der Waals surface area (Å²) in [5.41, 5.74) is 10.3. The normalized spacial score (nSPS) is 11.0. The molecule has 3 nitrogen and oxygen atoms in total. The predicted molar refractivity (Wildman–Crippen MR) is 172 cm³/mol. The van der Waals surface area contributed by atoms with Crippen LogP contribution in [0.3, 0.4) is 0 Å². The molecule has 0 saturated carbocycles. The van der Waals surface area contributed by atoms with Crippen LogP contribution in [-0.4, -0.2) is 21.3 Å². The first-order chi connectivity index (χ1) is 18.8. The standard InChI is InChI=1S/C33H36O3S3/c1-7-22-31(25-16-19(37)10-13-28(25)34-4)23(8-2)33(27-18-21(39)12-15-30(27)36-6)24(9-3)32(22)26-17-20(38)11-14-29(26)35-5/h10-18,37-39H,7-9H2,1-6H3. The molecule has 0 aliphatic heterocycles. The summed E-state index contributed by atoms with van der Waals surface area (Å²) in [7, 11) is 5.16. The highest BCUT2D eigenvalue weighted by atomic mass is 32.1. The molecular weight excluding hydrogens is 541 g/mol. The summed E-state index contributed by atoms with van der Waals surface area (Å²) in [4.78, 5) is 2.63. The Balaban J connectivity index is 2.35. The maximum absolute atomic E-state index is 5.92. The van der Waals surface area contributed by atoms with Crippen molar-refractivity contribution in [2.24, 2.45) is 0 Å². The van der Waals surface area contributed by atoms with Gasteiger partial charge in [0.15, 0.2) is 0 Å². The molecule has 0 atom stereocenters. The molecule has 0 aliphatic rings. The first kappa shape index (κ1) is 29.3. The van der Waals surface area contributed by atoms with Gasteiger partial charge in [-0.1, -0.05) is 20.8 Å². The fraction of sp³-hybridized carbons (Fsp3) is 0.273. The number of benzene rings is 4. The molecule has 4 aromatic carbocycles. The predicted octanol–water partition coefficient (Wildman–Crippen LogP) is 9.27. The van der Waals surface area contributed by atoms with Crippen molar-refractivity contribution in [1.29, 1.82) is 0 Å². The van der Waals surface area contributed by atoms with Gasteiger partial charge in [0.25, 0.3) is 0 Å². The van der Waals surface area contributed by atoms with Gasteiger partial charge in [-0.2, -0.15) is 0 Å². The number of ether oxygens (including phenoxy) is 3. The zero-order valence-electron chi connectivity index (χ0n) is 23.4. The Bertz CT molecular complexity index is 1310.